The number of hydrogen-bond donors (Lipinski definition) is 2. The van der Waals surface area contributed by atoms with E-state index in [1.165, 1.54) is 0 Å². The molecule has 0 radical (unpaired) electrons. The van der Waals surface area contributed by atoms with Crippen LogP contribution in [0.15, 0.2) is 24.4 Å². The molecular weight excluding hydrogens is 302 g/mol. The van der Waals surface area contributed by atoms with Crippen molar-refractivity contribution < 1.29 is 4.74 Å². The summed E-state index contributed by atoms with van der Waals surface area (Å²) in [4.78, 5) is 4.41. The van der Waals surface area contributed by atoms with Gasteiger partial charge in [-0.2, -0.15) is 10.1 Å². The van der Waals surface area contributed by atoms with Gasteiger partial charge in [0.25, 0.3) is 0 Å². The Morgan fingerprint density at radius 1 is 1.41 bits per heavy atom. The van der Waals surface area contributed by atoms with Gasteiger partial charge in [-0.1, -0.05) is 11.6 Å². The van der Waals surface area contributed by atoms with Crippen molar-refractivity contribution in [3.8, 4) is 0 Å². The van der Waals surface area contributed by atoms with Gasteiger partial charge in [0.2, 0.25) is 5.95 Å². The van der Waals surface area contributed by atoms with E-state index in [9.17, 15) is 0 Å². The molecule has 2 aromatic rings. The predicted octanol–water partition coefficient (Wildman–Crippen LogP) is 3.17. The van der Waals surface area contributed by atoms with E-state index in [2.05, 4.69) is 25.8 Å². The van der Waals surface area contributed by atoms with Crippen LogP contribution in [0.25, 0.3) is 0 Å². The average Bonchev–Trinajstić information content (AvgIpc) is 3.02. The summed E-state index contributed by atoms with van der Waals surface area (Å²) in [6.07, 6.45) is 4.07. The second-order valence-corrected chi connectivity index (χ2v) is 5.70. The maximum Gasteiger partial charge on any atom is 0.249 e. The van der Waals surface area contributed by atoms with Crippen molar-refractivity contribution in [3.05, 3.63) is 35.0 Å². The van der Waals surface area contributed by atoms with Crippen molar-refractivity contribution in [2.24, 2.45) is 0 Å². The lowest BCUT2D eigenvalue weighted by Gasteiger charge is -2.12. The summed E-state index contributed by atoms with van der Waals surface area (Å²) in [6.45, 7) is 3.55. The van der Waals surface area contributed by atoms with Gasteiger partial charge in [0.05, 0.1) is 12.3 Å². The van der Waals surface area contributed by atoms with Crippen molar-refractivity contribution in [2.75, 3.05) is 23.8 Å². The largest absolute Gasteiger partial charge is 0.376 e. The molecule has 1 saturated heterocycles. The minimum Gasteiger partial charge on any atom is -0.376 e. The molecule has 0 spiro atoms. The molecule has 22 heavy (non-hydrogen) atoms. The monoisotopic (exact) mass is 319 g/mol. The molecule has 0 aliphatic carbocycles. The molecule has 1 aliphatic heterocycles. The Morgan fingerprint density at radius 3 is 3.09 bits per heavy atom. The molecule has 1 aliphatic rings. The van der Waals surface area contributed by atoms with Crippen LogP contribution in [0.1, 0.15) is 18.4 Å². The smallest absolute Gasteiger partial charge is 0.249 e. The molecule has 0 amide bonds. The van der Waals surface area contributed by atoms with Gasteiger partial charge in [0, 0.05) is 23.9 Å². The molecule has 2 N–H and O–H groups in total. The number of nitrogens with one attached hydrogen (secondary N) is 2. The van der Waals surface area contributed by atoms with Gasteiger partial charge in [-0.05, 0) is 43.5 Å². The van der Waals surface area contributed by atoms with Crippen molar-refractivity contribution in [3.63, 3.8) is 0 Å². The highest BCUT2D eigenvalue weighted by molar-refractivity contribution is 6.30. The zero-order chi connectivity index (χ0) is 15.4. The van der Waals surface area contributed by atoms with E-state index in [0.29, 0.717) is 16.8 Å². The normalized spacial score (nSPS) is 17.5. The molecule has 3 rings (SSSR count). The standard InChI is InChI=1S/C15H18ClN5O/c1-10-7-11(16)4-5-13(10)19-15-20-14(9-18-21-15)17-8-12-3-2-6-22-12/h4-5,7,9,12H,2-3,6,8H2,1H3,(H2,17,19,20,21). The number of halogens is 1. The van der Waals surface area contributed by atoms with Gasteiger partial charge in [0.1, 0.15) is 0 Å². The molecule has 1 aromatic heterocycles. The summed E-state index contributed by atoms with van der Waals surface area (Å²) in [5, 5.41) is 15.1. The second kappa shape index (κ2) is 6.89. The highest BCUT2D eigenvalue weighted by Crippen LogP contribution is 2.22. The van der Waals surface area contributed by atoms with Gasteiger partial charge in [-0.25, -0.2) is 0 Å². The predicted molar refractivity (Wildman–Crippen MR) is 86.8 cm³/mol. The van der Waals surface area contributed by atoms with Gasteiger partial charge in [-0.15, -0.1) is 5.10 Å². The molecule has 1 fully saturated rings. The number of hydrogen-bond acceptors (Lipinski definition) is 6. The van der Waals surface area contributed by atoms with Crippen molar-refractivity contribution >= 4 is 29.1 Å². The maximum atomic E-state index is 5.96. The number of aromatic nitrogens is 3. The SMILES string of the molecule is Cc1cc(Cl)ccc1Nc1nncc(NCC2CCCO2)n1. The number of rotatable bonds is 5. The summed E-state index contributed by atoms with van der Waals surface area (Å²) >= 11 is 5.96. The molecule has 1 unspecified atom stereocenters. The first-order chi connectivity index (χ1) is 10.7. The summed E-state index contributed by atoms with van der Waals surface area (Å²) in [7, 11) is 0. The fourth-order valence-corrected chi connectivity index (χ4v) is 2.58. The fraction of sp³-hybridized carbons (Fsp3) is 0.400. The Bertz CT molecular complexity index is 646. The van der Waals surface area contributed by atoms with E-state index in [0.717, 1.165) is 37.2 Å². The third kappa shape index (κ3) is 3.84. The molecule has 116 valence electrons. The summed E-state index contributed by atoms with van der Waals surface area (Å²) in [6, 6.07) is 5.61. The lowest BCUT2D eigenvalue weighted by molar-refractivity contribution is 0.120. The van der Waals surface area contributed by atoms with Crippen LogP contribution in [0, 0.1) is 6.92 Å². The zero-order valence-corrected chi connectivity index (χ0v) is 13.1. The fourth-order valence-electron chi connectivity index (χ4n) is 2.35. The van der Waals surface area contributed by atoms with Gasteiger partial charge in [0.15, 0.2) is 5.82 Å². The topological polar surface area (TPSA) is 72.0 Å². The molecule has 0 bridgehead atoms. The van der Waals surface area contributed by atoms with E-state index in [1.807, 2.05) is 25.1 Å². The van der Waals surface area contributed by atoms with Crippen molar-refractivity contribution in [2.45, 2.75) is 25.9 Å². The van der Waals surface area contributed by atoms with E-state index < -0.39 is 0 Å². The van der Waals surface area contributed by atoms with Crippen LogP contribution in [0.4, 0.5) is 17.5 Å². The number of ether oxygens (including phenoxy) is 1. The van der Waals surface area contributed by atoms with E-state index in [4.69, 9.17) is 16.3 Å². The minimum atomic E-state index is 0.255. The Kier molecular flexibility index (Phi) is 4.70. The third-order valence-corrected chi connectivity index (χ3v) is 3.76. The highest BCUT2D eigenvalue weighted by Gasteiger charge is 2.15. The van der Waals surface area contributed by atoms with Crippen LogP contribution in [0.2, 0.25) is 5.02 Å². The van der Waals surface area contributed by atoms with Gasteiger partial charge in [-0.3, -0.25) is 0 Å². The average molecular weight is 320 g/mol. The molecule has 1 atom stereocenters. The van der Waals surface area contributed by atoms with Crippen LogP contribution < -0.4 is 10.6 Å². The van der Waals surface area contributed by atoms with Crippen LogP contribution in [-0.2, 0) is 4.74 Å². The van der Waals surface area contributed by atoms with Crippen LogP contribution in [-0.4, -0.2) is 34.4 Å². The second-order valence-electron chi connectivity index (χ2n) is 5.27. The van der Waals surface area contributed by atoms with Crippen LogP contribution in [0.5, 0.6) is 0 Å². The molecule has 7 heteroatoms. The van der Waals surface area contributed by atoms with Crippen molar-refractivity contribution in [1.29, 1.82) is 0 Å². The summed E-state index contributed by atoms with van der Waals surface area (Å²) in [5.74, 6) is 1.13. The van der Waals surface area contributed by atoms with E-state index >= 15 is 0 Å². The number of nitrogens with zero attached hydrogens (tertiary/aromatic N) is 3. The van der Waals surface area contributed by atoms with E-state index in [-0.39, 0.29) is 6.10 Å². The molecular formula is C15H18ClN5O. The van der Waals surface area contributed by atoms with Crippen LogP contribution in [0.3, 0.4) is 0 Å². The van der Waals surface area contributed by atoms with E-state index in [1.54, 1.807) is 6.20 Å². The lowest BCUT2D eigenvalue weighted by atomic mass is 10.2. The first-order valence-corrected chi connectivity index (χ1v) is 7.67. The molecule has 0 saturated carbocycles. The Hall–Kier alpha value is -1.92. The first-order valence-electron chi connectivity index (χ1n) is 7.29. The van der Waals surface area contributed by atoms with Gasteiger partial charge < -0.3 is 15.4 Å². The minimum absolute atomic E-state index is 0.255. The molecule has 2 heterocycles. The summed E-state index contributed by atoms with van der Waals surface area (Å²) in [5.41, 5.74) is 1.93. The Morgan fingerprint density at radius 2 is 2.32 bits per heavy atom. The van der Waals surface area contributed by atoms with Crippen molar-refractivity contribution in [1.82, 2.24) is 15.2 Å². The third-order valence-electron chi connectivity index (χ3n) is 3.53. The Labute approximate surface area is 134 Å². The summed E-state index contributed by atoms with van der Waals surface area (Å²) < 4.78 is 5.57. The number of aryl methyl sites for hydroxylation is 1. The Balaban J connectivity index is 1.65. The quantitative estimate of drug-likeness (QED) is 0.882. The molecule has 6 nitrogen and oxygen atoms in total. The van der Waals surface area contributed by atoms with Crippen LogP contribution >= 0.6 is 11.6 Å². The first kappa shape index (κ1) is 15.0. The number of benzene rings is 1. The lowest BCUT2D eigenvalue weighted by Crippen LogP contribution is -2.19. The zero-order valence-electron chi connectivity index (χ0n) is 12.3. The highest BCUT2D eigenvalue weighted by atomic mass is 35.5. The number of anilines is 3. The van der Waals surface area contributed by atoms with Gasteiger partial charge >= 0.3 is 0 Å². The molecule has 1 aromatic carbocycles. The maximum absolute atomic E-state index is 5.96.